The Morgan fingerprint density at radius 3 is 1.69 bits per heavy atom. The SMILES string of the molecule is CCN(CC)CC(C)(C)[N-][Si](C)(C)C.[CH3-].[Co+3]. The summed E-state index contributed by atoms with van der Waals surface area (Å²) < 4.78 is 0. The van der Waals surface area contributed by atoms with E-state index in [4.69, 9.17) is 4.98 Å². The van der Waals surface area contributed by atoms with Gasteiger partial charge in [-0.2, -0.15) is 0 Å². The van der Waals surface area contributed by atoms with Crippen LogP contribution in [0, 0.1) is 7.43 Å². The van der Waals surface area contributed by atoms with Crippen LogP contribution in [0.15, 0.2) is 0 Å². The zero-order chi connectivity index (χ0) is 11.4. The van der Waals surface area contributed by atoms with Crippen molar-refractivity contribution < 1.29 is 16.8 Å². The molecule has 0 unspecified atom stereocenters. The van der Waals surface area contributed by atoms with E-state index in [1.165, 1.54) is 0 Å². The molecule has 0 aliphatic rings. The van der Waals surface area contributed by atoms with Crippen molar-refractivity contribution in [3.05, 3.63) is 12.4 Å². The molecular weight excluding hydrogens is 259 g/mol. The standard InChI is InChI=1S/C11H27N2Si.CH3.Co/c1-8-13(9-2)10-11(3,4)12-14(5,6)7;;/h8-10H2,1-7H3;1H3;/q2*-1;+3. The Bertz CT molecular complexity index is 163. The minimum absolute atomic E-state index is 0. The third kappa shape index (κ3) is 11.1. The van der Waals surface area contributed by atoms with Gasteiger partial charge in [-0.05, 0) is 19.6 Å². The Balaban J connectivity index is -0.000000845. The summed E-state index contributed by atoms with van der Waals surface area (Å²) in [6, 6.07) is 0. The van der Waals surface area contributed by atoms with Crippen LogP contribution in [0.4, 0.5) is 0 Å². The molecule has 0 bridgehead atoms. The third-order valence-electron chi connectivity index (χ3n) is 2.14. The maximum Gasteiger partial charge on any atom is 3.00 e. The summed E-state index contributed by atoms with van der Waals surface area (Å²) in [4.78, 5) is 7.42. The molecule has 0 fully saturated rings. The first kappa shape index (κ1) is 21.9. The molecule has 0 heterocycles. The fraction of sp³-hybridized carbons (Fsp3) is 0.917. The Morgan fingerprint density at radius 1 is 1.06 bits per heavy atom. The van der Waals surface area contributed by atoms with Crippen molar-refractivity contribution in [2.75, 3.05) is 19.6 Å². The normalized spacial score (nSPS) is 12.0. The monoisotopic (exact) mass is 289 g/mol. The molecule has 0 rings (SSSR count). The fourth-order valence-electron chi connectivity index (χ4n) is 1.94. The summed E-state index contributed by atoms with van der Waals surface area (Å²) in [5, 5.41) is 0. The number of hydrogen-bond acceptors (Lipinski definition) is 1. The Morgan fingerprint density at radius 2 is 1.44 bits per heavy atom. The van der Waals surface area contributed by atoms with E-state index in [2.05, 4.69) is 52.2 Å². The minimum Gasteiger partial charge on any atom is -0.659 e. The van der Waals surface area contributed by atoms with Crippen LogP contribution in [0.3, 0.4) is 0 Å². The van der Waals surface area contributed by atoms with Crippen LogP contribution in [-0.4, -0.2) is 38.3 Å². The second-order valence-corrected chi connectivity index (χ2v) is 10.1. The summed E-state index contributed by atoms with van der Waals surface area (Å²) >= 11 is 0. The van der Waals surface area contributed by atoms with Crippen molar-refractivity contribution in [2.45, 2.75) is 52.9 Å². The molecule has 0 aromatic heterocycles. The molecule has 100 valence electrons. The molecule has 0 atom stereocenters. The number of hydrogen-bond donors (Lipinski definition) is 0. The zero-order valence-electron chi connectivity index (χ0n) is 12.3. The molecule has 0 saturated carbocycles. The van der Waals surface area contributed by atoms with Crippen molar-refractivity contribution in [2.24, 2.45) is 0 Å². The van der Waals surface area contributed by atoms with Gasteiger partial charge in [0.05, 0.1) is 0 Å². The van der Waals surface area contributed by atoms with Crippen LogP contribution in [0.1, 0.15) is 27.7 Å². The Hall–Kier alpha value is 0.643. The van der Waals surface area contributed by atoms with Crippen LogP contribution >= 0.6 is 0 Å². The van der Waals surface area contributed by atoms with Crippen LogP contribution in [0.2, 0.25) is 19.6 Å². The van der Waals surface area contributed by atoms with Crippen LogP contribution in [0.5, 0.6) is 0 Å². The zero-order valence-corrected chi connectivity index (χ0v) is 14.4. The fourth-order valence-corrected chi connectivity index (χ4v) is 3.82. The van der Waals surface area contributed by atoms with Gasteiger partial charge >= 0.3 is 16.8 Å². The molecule has 0 aliphatic heterocycles. The minimum atomic E-state index is -1.29. The van der Waals surface area contributed by atoms with E-state index in [0.717, 1.165) is 19.6 Å². The summed E-state index contributed by atoms with van der Waals surface area (Å²) in [6.45, 7) is 19.2. The third-order valence-corrected chi connectivity index (χ3v) is 3.42. The van der Waals surface area contributed by atoms with Gasteiger partial charge in [0.2, 0.25) is 0 Å². The van der Waals surface area contributed by atoms with Gasteiger partial charge in [-0.15, -0.1) is 5.54 Å². The summed E-state index contributed by atoms with van der Waals surface area (Å²) in [7, 11) is -1.29. The van der Waals surface area contributed by atoms with E-state index >= 15 is 0 Å². The molecule has 0 N–H and O–H groups in total. The first-order valence-corrected chi connectivity index (χ1v) is 9.11. The average Bonchev–Trinajstić information content (AvgIpc) is 1.95. The molecule has 0 amide bonds. The molecular formula is C12H30CoN2Si+. The van der Waals surface area contributed by atoms with Crippen molar-refractivity contribution in [1.82, 2.24) is 4.90 Å². The molecule has 0 spiro atoms. The van der Waals surface area contributed by atoms with Crippen LogP contribution in [0.25, 0.3) is 4.98 Å². The maximum atomic E-state index is 4.97. The number of nitrogens with zero attached hydrogens (tertiary/aromatic N) is 2. The van der Waals surface area contributed by atoms with Gasteiger partial charge in [0.1, 0.15) is 0 Å². The quantitative estimate of drug-likeness (QED) is 0.537. The average molecular weight is 289 g/mol. The van der Waals surface area contributed by atoms with E-state index in [1.54, 1.807) is 0 Å². The molecule has 0 radical (unpaired) electrons. The van der Waals surface area contributed by atoms with Crippen LogP contribution in [-0.2, 0) is 16.8 Å². The van der Waals surface area contributed by atoms with E-state index < -0.39 is 8.24 Å². The molecule has 0 aromatic carbocycles. The molecule has 0 aromatic rings. The second-order valence-electron chi connectivity index (χ2n) is 5.56. The molecule has 16 heavy (non-hydrogen) atoms. The topological polar surface area (TPSA) is 17.3 Å². The maximum absolute atomic E-state index is 4.97. The number of likely N-dealkylation sites (N-methyl/N-ethyl adjacent to an activating group) is 1. The number of rotatable bonds is 6. The molecule has 2 nitrogen and oxygen atoms in total. The Labute approximate surface area is 115 Å². The van der Waals surface area contributed by atoms with Crippen molar-refractivity contribution >= 4 is 8.24 Å². The summed E-state index contributed by atoms with van der Waals surface area (Å²) in [5.41, 5.74) is 0.122. The molecule has 4 heteroatoms. The predicted octanol–water partition coefficient (Wildman–Crippen LogP) is 3.76. The molecule has 0 saturated heterocycles. The first-order chi connectivity index (χ1) is 6.20. The van der Waals surface area contributed by atoms with Crippen molar-refractivity contribution in [3.63, 3.8) is 0 Å². The van der Waals surface area contributed by atoms with Gasteiger partial charge in [-0.1, -0.05) is 55.6 Å². The van der Waals surface area contributed by atoms with Gasteiger partial charge < -0.3 is 17.3 Å². The van der Waals surface area contributed by atoms with Gasteiger partial charge in [-0.3, -0.25) is 0 Å². The Kier molecular flexibility index (Phi) is 11.9. The van der Waals surface area contributed by atoms with E-state index in [9.17, 15) is 0 Å². The first-order valence-electron chi connectivity index (χ1n) is 5.66. The summed E-state index contributed by atoms with van der Waals surface area (Å²) in [6.07, 6.45) is 0. The van der Waals surface area contributed by atoms with E-state index in [-0.39, 0.29) is 29.7 Å². The van der Waals surface area contributed by atoms with E-state index in [1.807, 2.05) is 0 Å². The van der Waals surface area contributed by atoms with Gasteiger partial charge in [0.15, 0.2) is 0 Å². The summed E-state index contributed by atoms with van der Waals surface area (Å²) in [5.74, 6) is 0. The largest absolute Gasteiger partial charge is 3.00 e. The molecule has 0 aliphatic carbocycles. The van der Waals surface area contributed by atoms with Crippen molar-refractivity contribution in [1.29, 1.82) is 0 Å². The second kappa shape index (κ2) is 8.69. The van der Waals surface area contributed by atoms with E-state index in [0.29, 0.717) is 0 Å². The van der Waals surface area contributed by atoms with Gasteiger partial charge in [0, 0.05) is 0 Å². The van der Waals surface area contributed by atoms with Gasteiger partial charge in [0.25, 0.3) is 0 Å². The van der Waals surface area contributed by atoms with Crippen LogP contribution < -0.4 is 0 Å². The van der Waals surface area contributed by atoms with Crippen molar-refractivity contribution in [3.8, 4) is 0 Å². The smallest absolute Gasteiger partial charge is 0.659 e. The van der Waals surface area contributed by atoms with Gasteiger partial charge in [-0.25, -0.2) is 0 Å². The predicted molar refractivity (Wildman–Crippen MR) is 75.0 cm³/mol.